The molecule has 1 heterocycles. The molecule has 0 spiro atoms. The Hall–Kier alpha value is -1.61. The number of aromatic nitrogens is 2. The zero-order chi connectivity index (χ0) is 13.9. The Morgan fingerprint density at radius 2 is 2.20 bits per heavy atom. The minimum atomic E-state index is 0.530. The van der Waals surface area contributed by atoms with E-state index >= 15 is 0 Å². The molecule has 3 rings (SSSR count). The largest absolute Gasteiger partial charge is 0.310 e. The molecular formula is C17H23N3. The van der Waals surface area contributed by atoms with Gasteiger partial charge in [-0.15, -0.1) is 0 Å². The van der Waals surface area contributed by atoms with Crippen LogP contribution in [0.2, 0.25) is 0 Å². The van der Waals surface area contributed by atoms with Gasteiger partial charge in [0.05, 0.1) is 5.69 Å². The SMILES string of the molecule is CCCNC1CCc2c(-c3ccnn3CC)cccc21. The fourth-order valence-electron chi connectivity index (χ4n) is 3.24. The van der Waals surface area contributed by atoms with Crippen molar-refractivity contribution in [3.63, 3.8) is 0 Å². The molecule has 1 aliphatic carbocycles. The Bertz CT molecular complexity index is 586. The summed E-state index contributed by atoms with van der Waals surface area (Å²) in [6.07, 6.45) is 5.47. The molecule has 0 saturated carbocycles. The summed E-state index contributed by atoms with van der Waals surface area (Å²) in [5.41, 5.74) is 5.61. The van der Waals surface area contributed by atoms with Crippen molar-refractivity contribution < 1.29 is 0 Å². The summed E-state index contributed by atoms with van der Waals surface area (Å²) in [4.78, 5) is 0. The number of nitrogens with zero attached hydrogens (tertiary/aromatic N) is 2. The van der Waals surface area contributed by atoms with Gasteiger partial charge in [0.2, 0.25) is 0 Å². The van der Waals surface area contributed by atoms with Crippen LogP contribution in [-0.4, -0.2) is 16.3 Å². The first-order valence-electron chi connectivity index (χ1n) is 7.72. The van der Waals surface area contributed by atoms with E-state index in [1.54, 1.807) is 0 Å². The summed E-state index contributed by atoms with van der Waals surface area (Å²) in [5, 5.41) is 8.07. The standard InChI is InChI=1S/C17H23N3/c1-3-11-18-16-9-8-13-14(16)6-5-7-15(13)17-10-12-19-20(17)4-2/h5-7,10,12,16,18H,3-4,8-9,11H2,1-2H3. The molecule has 1 aromatic heterocycles. The molecule has 0 aliphatic heterocycles. The molecule has 3 heteroatoms. The number of fused-ring (bicyclic) bond motifs is 1. The smallest absolute Gasteiger partial charge is 0.0684 e. The van der Waals surface area contributed by atoms with Crippen molar-refractivity contribution in [3.8, 4) is 11.3 Å². The maximum Gasteiger partial charge on any atom is 0.0684 e. The molecule has 106 valence electrons. The summed E-state index contributed by atoms with van der Waals surface area (Å²) in [7, 11) is 0. The monoisotopic (exact) mass is 269 g/mol. The number of nitrogens with one attached hydrogen (secondary N) is 1. The molecule has 0 amide bonds. The lowest BCUT2D eigenvalue weighted by atomic mass is 10.00. The topological polar surface area (TPSA) is 29.9 Å². The number of rotatable bonds is 5. The van der Waals surface area contributed by atoms with Crippen LogP contribution in [0.4, 0.5) is 0 Å². The molecule has 1 atom stereocenters. The summed E-state index contributed by atoms with van der Waals surface area (Å²) in [5.74, 6) is 0. The molecule has 0 saturated heterocycles. The van der Waals surface area contributed by atoms with Crippen LogP contribution < -0.4 is 5.32 Å². The quantitative estimate of drug-likeness (QED) is 0.899. The highest BCUT2D eigenvalue weighted by molar-refractivity contribution is 5.67. The number of aryl methyl sites for hydroxylation is 1. The van der Waals surface area contributed by atoms with E-state index in [0.29, 0.717) is 6.04 Å². The normalized spacial score (nSPS) is 17.4. The number of hydrogen-bond acceptors (Lipinski definition) is 2. The fourth-order valence-corrected chi connectivity index (χ4v) is 3.24. The molecular weight excluding hydrogens is 246 g/mol. The van der Waals surface area contributed by atoms with Gasteiger partial charge < -0.3 is 5.32 Å². The van der Waals surface area contributed by atoms with Crippen molar-refractivity contribution in [1.29, 1.82) is 0 Å². The average molecular weight is 269 g/mol. The molecule has 1 N–H and O–H groups in total. The van der Waals surface area contributed by atoms with Crippen LogP contribution >= 0.6 is 0 Å². The Kier molecular flexibility index (Phi) is 3.88. The zero-order valence-electron chi connectivity index (χ0n) is 12.4. The lowest BCUT2D eigenvalue weighted by Gasteiger charge is -2.15. The van der Waals surface area contributed by atoms with Crippen LogP contribution in [0.1, 0.15) is 43.9 Å². The number of benzene rings is 1. The van der Waals surface area contributed by atoms with Crippen molar-refractivity contribution in [2.75, 3.05) is 6.54 Å². The first-order valence-corrected chi connectivity index (χ1v) is 7.72. The van der Waals surface area contributed by atoms with E-state index in [1.807, 2.05) is 6.20 Å². The third-order valence-corrected chi connectivity index (χ3v) is 4.20. The van der Waals surface area contributed by atoms with Crippen LogP contribution in [-0.2, 0) is 13.0 Å². The molecule has 0 fully saturated rings. The zero-order valence-corrected chi connectivity index (χ0v) is 12.4. The van der Waals surface area contributed by atoms with Crippen LogP contribution in [0.15, 0.2) is 30.5 Å². The van der Waals surface area contributed by atoms with Crippen molar-refractivity contribution in [2.45, 2.75) is 45.7 Å². The van der Waals surface area contributed by atoms with Gasteiger partial charge in [-0.2, -0.15) is 5.10 Å². The van der Waals surface area contributed by atoms with Gasteiger partial charge in [0.1, 0.15) is 0 Å². The van der Waals surface area contributed by atoms with E-state index in [2.05, 4.69) is 53.2 Å². The Balaban J connectivity index is 1.97. The Morgan fingerprint density at radius 3 is 3.00 bits per heavy atom. The van der Waals surface area contributed by atoms with Crippen LogP contribution in [0.3, 0.4) is 0 Å². The summed E-state index contributed by atoms with van der Waals surface area (Å²) < 4.78 is 2.09. The number of hydrogen-bond donors (Lipinski definition) is 1. The average Bonchev–Trinajstić information content (AvgIpc) is 3.11. The van der Waals surface area contributed by atoms with E-state index in [1.165, 1.54) is 41.6 Å². The third-order valence-electron chi connectivity index (χ3n) is 4.20. The van der Waals surface area contributed by atoms with Gasteiger partial charge in [0, 0.05) is 24.3 Å². The maximum absolute atomic E-state index is 4.41. The fraction of sp³-hybridized carbons (Fsp3) is 0.471. The second-order valence-electron chi connectivity index (χ2n) is 5.45. The molecule has 3 nitrogen and oxygen atoms in total. The highest BCUT2D eigenvalue weighted by Gasteiger charge is 2.24. The van der Waals surface area contributed by atoms with Crippen LogP contribution in [0, 0.1) is 0 Å². The summed E-state index contributed by atoms with van der Waals surface area (Å²) in [6, 6.07) is 9.37. The first-order chi connectivity index (χ1) is 9.85. The van der Waals surface area contributed by atoms with Gasteiger partial charge >= 0.3 is 0 Å². The summed E-state index contributed by atoms with van der Waals surface area (Å²) in [6.45, 7) is 6.38. The third kappa shape index (κ3) is 2.27. The molecule has 2 aromatic rings. The van der Waals surface area contributed by atoms with Crippen molar-refractivity contribution in [3.05, 3.63) is 41.6 Å². The van der Waals surface area contributed by atoms with Gasteiger partial charge in [0.15, 0.2) is 0 Å². The molecule has 0 bridgehead atoms. The lowest BCUT2D eigenvalue weighted by molar-refractivity contribution is 0.529. The lowest BCUT2D eigenvalue weighted by Crippen LogP contribution is -2.19. The predicted molar refractivity (Wildman–Crippen MR) is 82.7 cm³/mol. The van der Waals surface area contributed by atoms with Gasteiger partial charge in [-0.3, -0.25) is 4.68 Å². The van der Waals surface area contributed by atoms with E-state index in [4.69, 9.17) is 0 Å². The second-order valence-corrected chi connectivity index (χ2v) is 5.45. The van der Waals surface area contributed by atoms with Crippen molar-refractivity contribution >= 4 is 0 Å². The van der Waals surface area contributed by atoms with Crippen LogP contribution in [0.25, 0.3) is 11.3 Å². The van der Waals surface area contributed by atoms with Gasteiger partial charge in [0.25, 0.3) is 0 Å². The molecule has 1 aromatic carbocycles. The molecule has 20 heavy (non-hydrogen) atoms. The second kappa shape index (κ2) is 5.80. The van der Waals surface area contributed by atoms with E-state index in [0.717, 1.165) is 13.1 Å². The van der Waals surface area contributed by atoms with E-state index < -0.39 is 0 Å². The van der Waals surface area contributed by atoms with Gasteiger partial charge in [-0.25, -0.2) is 0 Å². The van der Waals surface area contributed by atoms with Crippen molar-refractivity contribution in [1.82, 2.24) is 15.1 Å². The highest BCUT2D eigenvalue weighted by Crippen LogP contribution is 2.37. The highest BCUT2D eigenvalue weighted by atomic mass is 15.3. The van der Waals surface area contributed by atoms with E-state index in [9.17, 15) is 0 Å². The van der Waals surface area contributed by atoms with E-state index in [-0.39, 0.29) is 0 Å². The minimum Gasteiger partial charge on any atom is -0.310 e. The molecule has 1 unspecified atom stereocenters. The Labute approximate surface area is 121 Å². The predicted octanol–water partition coefficient (Wildman–Crippen LogP) is 3.56. The maximum atomic E-state index is 4.41. The Morgan fingerprint density at radius 1 is 1.30 bits per heavy atom. The molecule has 0 radical (unpaired) electrons. The summed E-state index contributed by atoms with van der Waals surface area (Å²) >= 11 is 0. The van der Waals surface area contributed by atoms with Gasteiger partial charge in [-0.05, 0) is 49.9 Å². The first kappa shape index (κ1) is 13.4. The minimum absolute atomic E-state index is 0.530. The van der Waals surface area contributed by atoms with Crippen LogP contribution in [0.5, 0.6) is 0 Å². The molecule has 1 aliphatic rings. The van der Waals surface area contributed by atoms with Gasteiger partial charge in [-0.1, -0.05) is 25.1 Å². The van der Waals surface area contributed by atoms with Crippen molar-refractivity contribution in [2.24, 2.45) is 0 Å².